The standard InChI is InChI=1S/C17H19F2N3O4S/c1-10-7-11(2)22-17(24)13(10)9-20-16(23)5-6-21-27(25,26)12-3-4-14(18)15(19)8-12/h3-4,7-8,21H,5-6,9H2,1-2H3,(H,20,23)(H,22,24). The van der Waals surface area contributed by atoms with Crippen molar-refractivity contribution in [3.8, 4) is 0 Å². The lowest BCUT2D eigenvalue weighted by atomic mass is 10.1. The highest BCUT2D eigenvalue weighted by atomic mass is 32.2. The van der Waals surface area contributed by atoms with Gasteiger partial charge in [-0.3, -0.25) is 9.59 Å². The van der Waals surface area contributed by atoms with Crippen LogP contribution in [0.3, 0.4) is 0 Å². The number of amides is 1. The van der Waals surface area contributed by atoms with Gasteiger partial charge in [0.05, 0.1) is 4.90 Å². The highest BCUT2D eigenvalue weighted by molar-refractivity contribution is 7.89. The van der Waals surface area contributed by atoms with Crippen LogP contribution in [0, 0.1) is 25.5 Å². The first-order valence-electron chi connectivity index (χ1n) is 8.01. The third-order valence-corrected chi connectivity index (χ3v) is 5.26. The summed E-state index contributed by atoms with van der Waals surface area (Å²) in [6.07, 6.45) is -0.189. The maximum Gasteiger partial charge on any atom is 0.253 e. The molecule has 1 aromatic carbocycles. The van der Waals surface area contributed by atoms with Crippen molar-refractivity contribution in [3.63, 3.8) is 0 Å². The topological polar surface area (TPSA) is 108 Å². The average molecular weight is 399 g/mol. The second kappa shape index (κ2) is 8.40. The molecule has 0 aliphatic heterocycles. The Morgan fingerprint density at radius 3 is 2.48 bits per heavy atom. The molecule has 0 aliphatic rings. The summed E-state index contributed by atoms with van der Waals surface area (Å²) >= 11 is 0. The van der Waals surface area contributed by atoms with Crippen LogP contribution in [0.1, 0.15) is 23.2 Å². The van der Waals surface area contributed by atoms with E-state index in [4.69, 9.17) is 0 Å². The SMILES string of the molecule is Cc1cc(C)c(CNC(=O)CCNS(=O)(=O)c2ccc(F)c(F)c2)c(=O)[nH]1. The van der Waals surface area contributed by atoms with Crippen LogP contribution >= 0.6 is 0 Å². The van der Waals surface area contributed by atoms with Crippen molar-refractivity contribution in [1.29, 1.82) is 0 Å². The number of sulfonamides is 1. The molecule has 2 rings (SSSR count). The van der Waals surface area contributed by atoms with Gasteiger partial charge in [-0.25, -0.2) is 21.9 Å². The molecule has 0 aliphatic carbocycles. The summed E-state index contributed by atoms with van der Waals surface area (Å²) < 4.78 is 52.2. The van der Waals surface area contributed by atoms with Crippen molar-refractivity contribution in [1.82, 2.24) is 15.0 Å². The van der Waals surface area contributed by atoms with Gasteiger partial charge in [-0.05, 0) is 43.7 Å². The van der Waals surface area contributed by atoms with E-state index in [2.05, 4.69) is 15.0 Å². The van der Waals surface area contributed by atoms with E-state index in [0.29, 0.717) is 23.4 Å². The lowest BCUT2D eigenvalue weighted by Crippen LogP contribution is -2.32. The van der Waals surface area contributed by atoms with Gasteiger partial charge in [-0.2, -0.15) is 0 Å². The number of rotatable bonds is 7. The van der Waals surface area contributed by atoms with E-state index in [1.807, 2.05) is 0 Å². The third kappa shape index (κ3) is 5.44. The summed E-state index contributed by atoms with van der Waals surface area (Å²) in [4.78, 5) is 25.9. The van der Waals surface area contributed by atoms with Gasteiger partial charge >= 0.3 is 0 Å². The zero-order valence-corrected chi connectivity index (χ0v) is 15.5. The molecule has 0 saturated heterocycles. The molecule has 0 unspecified atom stereocenters. The molecule has 1 heterocycles. The van der Waals surface area contributed by atoms with Crippen molar-refractivity contribution >= 4 is 15.9 Å². The van der Waals surface area contributed by atoms with Crippen molar-refractivity contribution in [2.24, 2.45) is 0 Å². The molecule has 0 bridgehead atoms. The van der Waals surface area contributed by atoms with Crippen molar-refractivity contribution in [2.75, 3.05) is 6.54 Å². The second-order valence-corrected chi connectivity index (χ2v) is 7.71. The summed E-state index contributed by atoms with van der Waals surface area (Å²) in [6, 6.07) is 3.97. The number of carbonyl (C=O) groups is 1. The van der Waals surface area contributed by atoms with E-state index in [1.54, 1.807) is 19.9 Å². The molecule has 0 atom stereocenters. The van der Waals surface area contributed by atoms with E-state index in [9.17, 15) is 26.8 Å². The van der Waals surface area contributed by atoms with Crippen LogP contribution in [-0.2, 0) is 21.4 Å². The van der Waals surface area contributed by atoms with Crippen LogP contribution in [-0.4, -0.2) is 25.9 Å². The Balaban J connectivity index is 1.89. The number of halogens is 2. The minimum absolute atomic E-state index is 0.0101. The normalized spacial score (nSPS) is 11.4. The number of hydrogen-bond acceptors (Lipinski definition) is 4. The Morgan fingerprint density at radius 2 is 1.85 bits per heavy atom. The van der Waals surface area contributed by atoms with Gasteiger partial charge in [0.15, 0.2) is 11.6 Å². The van der Waals surface area contributed by atoms with Crippen molar-refractivity contribution in [3.05, 3.63) is 63.1 Å². The van der Waals surface area contributed by atoms with Gasteiger partial charge < -0.3 is 10.3 Å². The zero-order valence-electron chi connectivity index (χ0n) is 14.7. The molecule has 146 valence electrons. The number of carbonyl (C=O) groups excluding carboxylic acids is 1. The van der Waals surface area contributed by atoms with E-state index < -0.39 is 32.5 Å². The number of aromatic amines is 1. The number of pyridine rings is 1. The summed E-state index contributed by atoms with van der Waals surface area (Å²) in [5.74, 6) is -2.91. The van der Waals surface area contributed by atoms with E-state index in [0.717, 1.165) is 11.6 Å². The van der Waals surface area contributed by atoms with Crippen LogP contribution < -0.4 is 15.6 Å². The highest BCUT2D eigenvalue weighted by Gasteiger charge is 2.16. The summed E-state index contributed by atoms with van der Waals surface area (Å²) in [5, 5.41) is 2.54. The Bertz CT molecular complexity index is 1020. The second-order valence-electron chi connectivity index (χ2n) is 5.94. The van der Waals surface area contributed by atoms with Gasteiger partial charge in [0, 0.05) is 30.8 Å². The first-order chi connectivity index (χ1) is 12.6. The molecular weight excluding hydrogens is 380 g/mol. The number of nitrogens with one attached hydrogen (secondary N) is 3. The van der Waals surface area contributed by atoms with Crippen LogP contribution in [0.25, 0.3) is 0 Å². The largest absolute Gasteiger partial charge is 0.352 e. The van der Waals surface area contributed by atoms with E-state index >= 15 is 0 Å². The fourth-order valence-electron chi connectivity index (χ4n) is 2.40. The van der Waals surface area contributed by atoms with Crippen molar-refractivity contribution in [2.45, 2.75) is 31.7 Å². The van der Waals surface area contributed by atoms with Gasteiger partial charge in [-0.15, -0.1) is 0 Å². The molecule has 7 nitrogen and oxygen atoms in total. The molecule has 1 amide bonds. The summed E-state index contributed by atoms with van der Waals surface area (Å²) in [6.45, 7) is 3.27. The molecule has 0 saturated carbocycles. The predicted molar refractivity (Wildman–Crippen MR) is 94.5 cm³/mol. The van der Waals surface area contributed by atoms with Gasteiger partial charge in [-0.1, -0.05) is 0 Å². The molecular formula is C17H19F2N3O4S. The molecule has 2 aromatic rings. The number of aromatic nitrogens is 1. The van der Waals surface area contributed by atoms with Gasteiger partial charge in [0.1, 0.15) is 0 Å². The molecule has 1 aromatic heterocycles. The average Bonchev–Trinajstić information content (AvgIpc) is 2.56. The summed E-state index contributed by atoms with van der Waals surface area (Å²) in [7, 11) is -4.07. The lowest BCUT2D eigenvalue weighted by Gasteiger charge is -2.09. The maximum absolute atomic E-state index is 13.2. The van der Waals surface area contributed by atoms with Gasteiger partial charge in [0.2, 0.25) is 15.9 Å². The molecule has 0 fully saturated rings. The maximum atomic E-state index is 13.2. The Hall–Kier alpha value is -2.59. The quantitative estimate of drug-likeness (QED) is 0.651. The first-order valence-corrected chi connectivity index (χ1v) is 9.49. The van der Waals surface area contributed by atoms with Crippen LogP contribution in [0.4, 0.5) is 8.78 Å². The molecule has 10 heteroatoms. The van der Waals surface area contributed by atoms with Crippen LogP contribution in [0.2, 0.25) is 0 Å². The van der Waals surface area contributed by atoms with Gasteiger partial charge in [0.25, 0.3) is 5.56 Å². The monoisotopic (exact) mass is 399 g/mol. The fraction of sp³-hybridized carbons (Fsp3) is 0.294. The lowest BCUT2D eigenvalue weighted by molar-refractivity contribution is -0.121. The Labute approximate surface area is 154 Å². The smallest absolute Gasteiger partial charge is 0.253 e. The third-order valence-electron chi connectivity index (χ3n) is 3.80. The minimum atomic E-state index is -4.07. The molecule has 0 spiro atoms. The highest BCUT2D eigenvalue weighted by Crippen LogP contribution is 2.13. The first kappa shape index (κ1) is 20.7. The Kier molecular flexibility index (Phi) is 6.45. The van der Waals surface area contributed by atoms with Crippen LogP contribution in [0.15, 0.2) is 34.0 Å². The minimum Gasteiger partial charge on any atom is -0.352 e. The van der Waals surface area contributed by atoms with E-state index in [1.165, 1.54) is 0 Å². The van der Waals surface area contributed by atoms with E-state index in [-0.39, 0.29) is 25.1 Å². The number of hydrogen-bond donors (Lipinski definition) is 3. The summed E-state index contributed by atoms with van der Waals surface area (Å²) in [5.41, 5.74) is 1.55. The van der Waals surface area contributed by atoms with Crippen molar-refractivity contribution < 1.29 is 22.0 Å². The molecule has 27 heavy (non-hydrogen) atoms. The molecule has 3 N–H and O–H groups in total. The van der Waals surface area contributed by atoms with Crippen LogP contribution in [0.5, 0.6) is 0 Å². The fourth-order valence-corrected chi connectivity index (χ4v) is 3.45. The molecule has 0 radical (unpaired) electrons. The number of aryl methyl sites for hydroxylation is 2. The predicted octanol–water partition coefficient (Wildman–Crippen LogP) is 1.25. The zero-order chi connectivity index (χ0) is 20.2. The Morgan fingerprint density at radius 1 is 1.15 bits per heavy atom. The number of benzene rings is 1. The number of H-pyrrole nitrogens is 1.